The largest absolute Gasteiger partial charge is 0.496 e. The van der Waals surface area contributed by atoms with E-state index in [2.05, 4.69) is 17.2 Å². The van der Waals surface area contributed by atoms with Crippen LogP contribution in [0.1, 0.15) is 46.1 Å². The van der Waals surface area contributed by atoms with Gasteiger partial charge in [-0.05, 0) is 79.3 Å². The molecular weight excluding hydrogens is 376 g/mol. The minimum atomic E-state index is -0.117. The van der Waals surface area contributed by atoms with Crippen molar-refractivity contribution in [2.24, 2.45) is 0 Å². The van der Waals surface area contributed by atoms with E-state index >= 15 is 0 Å². The summed E-state index contributed by atoms with van der Waals surface area (Å²) >= 11 is 0. The van der Waals surface area contributed by atoms with E-state index in [0.29, 0.717) is 12.3 Å². The lowest BCUT2D eigenvalue weighted by Crippen LogP contribution is -2.01. The Hall–Kier alpha value is -3.34. The van der Waals surface area contributed by atoms with Crippen molar-refractivity contribution in [3.63, 3.8) is 0 Å². The van der Waals surface area contributed by atoms with Gasteiger partial charge in [-0.2, -0.15) is 5.10 Å². The van der Waals surface area contributed by atoms with E-state index in [-0.39, 0.29) is 5.78 Å². The standard InChI is InChI=1S/C25H26N2O3/c1-3-27-14-13-23(26-27)24(28)11-7-18-8-12-25(29-2)21(15-18)17-30-22-10-9-19-5-4-6-20(19)16-22/h7-16H,3-6,17H2,1-2H3/b11-7+. The van der Waals surface area contributed by atoms with E-state index in [4.69, 9.17) is 9.47 Å². The van der Waals surface area contributed by atoms with Crippen molar-refractivity contribution >= 4 is 11.9 Å². The zero-order chi connectivity index (χ0) is 20.9. The Labute approximate surface area is 176 Å². The van der Waals surface area contributed by atoms with Gasteiger partial charge in [-0.1, -0.05) is 18.2 Å². The first-order chi connectivity index (χ1) is 14.7. The van der Waals surface area contributed by atoms with Crippen molar-refractivity contribution in [1.82, 2.24) is 9.78 Å². The van der Waals surface area contributed by atoms with Crippen molar-refractivity contribution in [3.05, 3.63) is 82.7 Å². The van der Waals surface area contributed by atoms with E-state index < -0.39 is 0 Å². The molecule has 1 heterocycles. The lowest BCUT2D eigenvalue weighted by Gasteiger charge is -2.12. The smallest absolute Gasteiger partial charge is 0.206 e. The van der Waals surface area contributed by atoms with Crippen LogP contribution in [-0.4, -0.2) is 22.7 Å². The summed E-state index contributed by atoms with van der Waals surface area (Å²) in [6, 6.07) is 13.9. The number of rotatable bonds is 8. The van der Waals surface area contributed by atoms with Crippen molar-refractivity contribution in [3.8, 4) is 11.5 Å². The first-order valence-corrected chi connectivity index (χ1v) is 10.3. The van der Waals surface area contributed by atoms with Crippen molar-refractivity contribution < 1.29 is 14.3 Å². The minimum absolute atomic E-state index is 0.117. The van der Waals surface area contributed by atoms with E-state index in [0.717, 1.165) is 42.0 Å². The molecule has 4 rings (SSSR count). The first kappa shape index (κ1) is 20.0. The molecule has 0 bridgehead atoms. The van der Waals surface area contributed by atoms with Gasteiger partial charge in [-0.15, -0.1) is 0 Å². The number of allylic oxidation sites excluding steroid dienone is 1. The maximum Gasteiger partial charge on any atom is 0.206 e. The highest BCUT2D eigenvalue weighted by Crippen LogP contribution is 2.28. The van der Waals surface area contributed by atoms with E-state index in [1.807, 2.05) is 37.4 Å². The summed E-state index contributed by atoms with van der Waals surface area (Å²) in [6.07, 6.45) is 8.66. The van der Waals surface area contributed by atoms with Crippen LogP contribution in [-0.2, 0) is 26.0 Å². The molecule has 154 valence electrons. The molecule has 0 amide bonds. The van der Waals surface area contributed by atoms with Crippen molar-refractivity contribution in [1.29, 1.82) is 0 Å². The van der Waals surface area contributed by atoms with Crippen molar-refractivity contribution in [2.75, 3.05) is 7.11 Å². The van der Waals surface area contributed by atoms with Crippen LogP contribution in [0.25, 0.3) is 6.08 Å². The molecule has 0 fully saturated rings. The summed E-state index contributed by atoms with van der Waals surface area (Å²) in [5.74, 6) is 1.52. The predicted molar refractivity (Wildman–Crippen MR) is 117 cm³/mol. The minimum Gasteiger partial charge on any atom is -0.496 e. The lowest BCUT2D eigenvalue weighted by atomic mass is 10.1. The summed E-state index contributed by atoms with van der Waals surface area (Å²) in [5, 5.41) is 4.25. The number of fused-ring (bicyclic) bond motifs is 1. The topological polar surface area (TPSA) is 53.4 Å². The maximum atomic E-state index is 12.3. The Bertz CT molecular complexity index is 1080. The second kappa shape index (κ2) is 8.99. The van der Waals surface area contributed by atoms with Gasteiger partial charge in [0.05, 0.1) is 7.11 Å². The van der Waals surface area contributed by atoms with Gasteiger partial charge in [0.2, 0.25) is 5.78 Å². The van der Waals surface area contributed by atoms with E-state index in [1.54, 1.807) is 30.0 Å². The molecule has 0 saturated carbocycles. The van der Waals surface area contributed by atoms with Gasteiger partial charge in [-0.25, -0.2) is 0 Å². The van der Waals surface area contributed by atoms with Gasteiger partial charge < -0.3 is 9.47 Å². The van der Waals surface area contributed by atoms with Crippen LogP contribution in [0, 0.1) is 0 Å². The van der Waals surface area contributed by atoms with Crippen LogP contribution < -0.4 is 9.47 Å². The normalized spacial score (nSPS) is 12.9. The number of benzene rings is 2. The van der Waals surface area contributed by atoms with Crippen molar-refractivity contribution in [2.45, 2.75) is 39.3 Å². The van der Waals surface area contributed by atoms with Crippen LogP contribution >= 0.6 is 0 Å². The van der Waals surface area contributed by atoms with E-state index in [9.17, 15) is 4.79 Å². The highest BCUT2D eigenvalue weighted by molar-refractivity contribution is 6.05. The molecule has 0 atom stereocenters. The number of carbonyl (C=O) groups excluding carboxylic acids is 1. The van der Waals surface area contributed by atoms with Crippen LogP contribution in [0.15, 0.2) is 54.7 Å². The number of carbonyl (C=O) groups is 1. The molecule has 3 aromatic rings. The molecule has 0 N–H and O–H groups in total. The Morgan fingerprint density at radius 3 is 2.80 bits per heavy atom. The summed E-state index contributed by atoms with van der Waals surface area (Å²) in [6.45, 7) is 3.13. The molecule has 0 radical (unpaired) electrons. The number of aryl methyl sites for hydroxylation is 3. The maximum absolute atomic E-state index is 12.3. The van der Waals surface area contributed by atoms with Crippen LogP contribution in [0.4, 0.5) is 0 Å². The van der Waals surface area contributed by atoms with Gasteiger partial charge in [0.1, 0.15) is 23.8 Å². The Morgan fingerprint density at radius 1 is 1.13 bits per heavy atom. The third kappa shape index (κ3) is 4.46. The van der Waals surface area contributed by atoms with Gasteiger partial charge in [0.15, 0.2) is 0 Å². The molecule has 0 saturated heterocycles. The molecule has 5 heteroatoms. The van der Waals surface area contributed by atoms with Gasteiger partial charge >= 0.3 is 0 Å². The summed E-state index contributed by atoms with van der Waals surface area (Å²) in [5.41, 5.74) is 5.11. The molecule has 1 aliphatic carbocycles. The number of hydrogen-bond acceptors (Lipinski definition) is 4. The molecule has 2 aromatic carbocycles. The fourth-order valence-electron chi connectivity index (χ4n) is 3.74. The zero-order valence-corrected chi connectivity index (χ0v) is 17.4. The van der Waals surface area contributed by atoms with Gasteiger partial charge in [-0.3, -0.25) is 9.48 Å². The number of ether oxygens (including phenoxy) is 2. The highest BCUT2D eigenvalue weighted by Gasteiger charge is 2.12. The molecule has 0 unspecified atom stereocenters. The summed E-state index contributed by atoms with van der Waals surface area (Å²) < 4.78 is 13.3. The van der Waals surface area contributed by atoms with Crippen LogP contribution in [0.5, 0.6) is 11.5 Å². The molecule has 0 spiro atoms. The Balaban J connectivity index is 1.46. The number of ketones is 1. The number of methoxy groups -OCH3 is 1. The average Bonchev–Trinajstić information content (AvgIpc) is 3.45. The average molecular weight is 402 g/mol. The predicted octanol–water partition coefficient (Wildman–Crippen LogP) is 4.88. The molecule has 30 heavy (non-hydrogen) atoms. The number of aromatic nitrogens is 2. The SMILES string of the molecule is CCn1ccc(C(=O)/C=C/c2ccc(OC)c(COc3ccc4c(c3)CCC4)c2)n1. The summed E-state index contributed by atoms with van der Waals surface area (Å²) in [7, 11) is 1.65. The first-order valence-electron chi connectivity index (χ1n) is 10.3. The molecule has 0 aliphatic heterocycles. The number of nitrogens with zero attached hydrogens (tertiary/aromatic N) is 2. The second-order valence-corrected chi connectivity index (χ2v) is 7.40. The van der Waals surface area contributed by atoms with Crippen LogP contribution in [0.3, 0.4) is 0 Å². The van der Waals surface area contributed by atoms with Crippen LogP contribution in [0.2, 0.25) is 0 Å². The van der Waals surface area contributed by atoms with Gasteiger partial charge in [0.25, 0.3) is 0 Å². The summed E-state index contributed by atoms with van der Waals surface area (Å²) in [4.78, 5) is 12.3. The monoisotopic (exact) mass is 402 g/mol. The van der Waals surface area contributed by atoms with Gasteiger partial charge in [0, 0.05) is 18.3 Å². The quantitative estimate of drug-likeness (QED) is 0.398. The molecule has 5 nitrogen and oxygen atoms in total. The highest BCUT2D eigenvalue weighted by atomic mass is 16.5. The third-order valence-corrected chi connectivity index (χ3v) is 5.41. The Morgan fingerprint density at radius 2 is 2.00 bits per heavy atom. The Kier molecular flexibility index (Phi) is 5.98. The fourth-order valence-corrected chi connectivity index (χ4v) is 3.74. The zero-order valence-electron chi connectivity index (χ0n) is 17.4. The number of hydrogen-bond donors (Lipinski definition) is 0. The molecular formula is C25H26N2O3. The molecule has 1 aromatic heterocycles. The molecule has 1 aliphatic rings. The third-order valence-electron chi connectivity index (χ3n) is 5.41. The lowest BCUT2D eigenvalue weighted by molar-refractivity contribution is 0.104. The second-order valence-electron chi connectivity index (χ2n) is 7.40. The fraction of sp³-hybridized carbons (Fsp3) is 0.280. The van der Waals surface area contributed by atoms with E-state index in [1.165, 1.54) is 17.5 Å².